The molecule has 0 saturated carbocycles. The van der Waals surface area contributed by atoms with Gasteiger partial charge >= 0.3 is 0 Å². The van der Waals surface area contributed by atoms with E-state index in [-0.39, 0.29) is 18.3 Å². The third kappa shape index (κ3) is 4.01. The Labute approximate surface area is 144 Å². The van der Waals surface area contributed by atoms with Gasteiger partial charge in [-0.15, -0.1) is 0 Å². The molecule has 134 valence electrons. The van der Waals surface area contributed by atoms with Gasteiger partial charge in [-0.2, -0.15) is 0 Å². The van der Waals surface area contributed by atoms with E-state index < -0.39 is 15.4 Å². The minimum atomic E-state index is -3.37. The Morgan fingerprint density at radius 2 is 2.00 bits per heavy atom. The summed E-state index contributed by atoms with van der Waals surface area (Å²) in [6, 6.07) is 5.05. The molecule has 1 aromatic rings. The number of hydrogen-bond donors (Lipinski definition) is 1. The summed E-state index contributed by atoms with van der Waals surface area (Å²) >= 11 is 0. The van der Waals surface area contributed by atoms with Crippen LogP contribution in [0.25, 0.3) is 0 Å². The fraction of sp³-hybridized carbons (Fsp3) is 0.588. The number of carbonyl (C=O) groups is 1. The summed E-state index contributed by atoms with van der Waals surface area (Å²) in [4.78, 5) is 14.3. The van der Waals surface area contributed by atoms with Crippen molar-refractivity contribution in [2.45, 2.75) is 40.5 Å². The highest BCUT2D eigenvalue weighted by atomic mass is 32.2. The van der Waals surface area contributed by atoms with Gasteiger partial charge in [-0.1, -0.05) is 13.3 Å². The number of nitrogens with one attached hydrogen (secondary N) is 1. The van der Waals surface area contributed by atoms with Gasteiger partial charge in [-0.3, -0.25) is 9.52 Å². The minimum absolute atomic E-state index is 0.0000245. The van der Waals surface area contributed by atoms with Crippen LogP contribution in [0.5, 0.6) is 5.75 Å². The molecule has 1 heterocycles. The van der Waals surface area contributed by atoms with Crippen molar-refractivity contribution in [1.82, 2.24) is 0 Å². The summed E-state index contributed by atoms with van der Waals surface area (Å²) in [6.07, 6.45) is 1.43. The molecule has 6 nitrogen and oxygen atoms in total. The number of hydrogen-bond acceptors (Lipinski definition) is 4. The van der Waals surface area contributed by atoms with Gasteiger partial charge in [0, 0.05) is 12.6 Å². The average Bonchev–Trinajstić information content (AvgIpc) is 2.61. The summed E-state index contributed by atoms with van der Waals surface area (Å²) < 4.78 is 32.5. The van der Waals surface area contributed by atoms with Crippen LogP contribution in [-0.4, -0.2) is 33.2 Å². The Bertz CT molecular complexity index is 713. The van der Waals surface area contributed by atoms with Gasteiger partial charge in [0.25, 0.3) is 0 Å². The quantitative estimate of drug-likeness (QED) is 0.852. The van der Waals surface area contributed by atoms with E-state index in [1.165, 1.54) is 0 Å². The van der Waals surface area contributed by atoms with Gasteiger partial charge in [0.05, 0.1) is 22.5 Å². The van der Waals surface area contributed by atoms with Crippen LogP contribution in [0.15, 0.2) is 18.2 Å². The second-order valence-corrected chi connectivity index (χ2v) is 8.52. The van der Waals surface area contributed by atoms with Crippen LogP contribution in [0, 0.1) is 5.41 Å². The molecule has 0 aliphatic carbocycles. The second kappa shape index (κ2) is 7.01. The Morgan fingerprint density at radius 3 is 2.62 bits per heavy atom. The third-order valence-corrected chi connectivity index (χ3v) is 5.39. The molecule has 0 bridgehead atoms. The minimum Gasteiger partial charge on any atom is -0.490 e. The molecule has 1 amide bonds. The molecule has 0 radical (unpaired) electrons. The number of carbonyl (C=O) groups excluding carboxylic acids is 1. The number of rotatable bonds is 6. The van der Waals surface area contributed by atoms with E-state index in [1.54, 1.807) is 23.1 Å². The molecule has 1 aliphatic heterocycles. The zero-order valence-corrected chi connectivity index (χ0v) is 15.6. The van der Waals surface area contributed by atoms with Crippen molar-refractivity contribution in [1.29, 1.82) is 0 Å². The Morgan fingerprint density at radius 1 is 1.29 bits per heavy atom. The zero-order valence-electron chi connectivity index (χ0n) is 14.8. The maximum Gasteiger partial charge on any atom is 0.236 e. The molecule has 0 aromatic heterocycles. The van der Waals surface area contributed by atoms with Crippen molar-refractivity contribution in [2.24, 2.45) is 5.41 Å². The molecule has 2 rings (SSSR count). The fourth-order valence-corrected chi connectivity index (χ4v) is 3.85. The van der Waals surface area contributed by atoms with E-state index in [0.29, 0.717) is 30.1 Å². The highest BCUT2D eigenvalue weighted by Gasteiger charge is 2.37. The Kier molecular flexibility index (Phi) is 5.42. The van der Waals surface area contributed by atoms with Crippen LogP contribution in [0.4, 0.5) is 11.4 Å². The van der Waals surface area contributed by atoms with Gasteiger partial charge in [0.1, 0.15) is 12.4 Å². The number of amides is 1. The van der Waals surface area contributed by atoms with Gasteiger partial charge < -0.3 is 9.64 Å². The lowest BCUT2D eigenvalue weighted by atomic mass is 9.93. The highest BCUT2D eigenvalue weighted by molar-refractivity contribution is 7.92. The number of sulfonamides is 1. The first-order chi connectivity index (χ1) is 11.2. The molecule has 0 fully saturated rings. The van der Waals surface area contributed by atoms with E-state index in [0.717, 1.165) is 6.42 Å². The lowest BCUT2D eigenvalue weighted by molar-refractivity contribution is -0.127. The molecule has 0 atom stereocenters. The van der Waals surface area contributed by atoms with E-state index in [2.05, 4.69) is 4.72 Å². The van der Waals surface area contributed by atoms with Crippen molar-refractivity contribution in [3.05, 3.63) is 18.2 Å². The van der Waals surface area contributed by atoms with Crippen molar-refractivity contribution in [3.63, 3.8) is 0 Å². The molecule has 0 saturated heterocycles. The maximum absolute atomic E-state index is 12.6. The highest BCUT2D eigenvalue weighted by Crippen LogP contribution is 2.38. The third-order valence-electron chi connectivity index (χ3n) is 4.02. The fourth-order valence-electron chi connectivity index (χ4n) is 2.59. The van der Waals surface area contributed by atoms with Crippen LogP contribution in [0.2, 0.25) is 0 Å². The number of anilines is 2. The molecule has 1 aliphatic rings. The molecular formula is C17H26N2O4S. The number of nitrogens with zero attached hydrogens (tertiary/aromatic N) is 1. The predicted octanol–water partition coefficient (Wildman–Crippen LogP) is 3.00. The van der Waals surface area contributed by atoms with Gasteiger partial charge in [0.2, 0.25) is 15.9 Å². The SMILES string of the molecule is CCCCS(=O)(=O)Nc1ccc2c(c1)OCC(C)(C)C(=O)N2CC. The van der Waals surface area contributed by atoms with Gasteiger partial charge in [-0.05, 0) is 39.3 Å². The summed E-state index contributed by atoms with van der Waals surface area (Å²) in [5, 5.41) is 0. The Balaban J connectivity index is 2.31. The summed E-state index contributed by atoms with van der Waals surface area (Å²) in [5.74, 6) is 0.611. The Hall–Kier alpha value is -1.76. The molecule has 0 unspecified atom stereocenters. The van der Waals surface area contributed by atoms with E-state index >= 15 is 0 Å². The molecular weight excluding hydrogens is 328 g/mol. The van der Waals surface area contributed by atoms with Crippen LogP contribution in [0.1, 0.15) is 40.5 Å². The molecule has 1 N–H and O–H groups in total. The van der Waals surface area contributed by atoms with Crippen molar-refractivity contribution < 1.29 is 17.9 Å². The summed E-state index contributed by atoms with van der Waals surface area (Å²) in [6.45, 7) is 8.33. The lowest BCUT2D eigenvalue weighted by Crippen LogP contribution is -2.42. The van der Waals surface area contributed by atoms with Crippen LogP contribution < -0.4 is 14.4 Å². The van der Waals surface area contributed by atoms with E-state index in [1.807, 2.05) is 27.7 Å². The number of benzene rings is 1. The standard InChI is InChI=1S/C17H26N2O4S/c1-5-7-10-24(21,22)18-13-8-9-14-15(11-13)23-12-17(3,4)16(20)19(14)6-2/h8-9,11,18H,5-7,10,12H2,1-4H3. The van der Waals surface area contributed by atoms with Crippen LogP contribution >= 0.6 is 0 Å². The van der Waals surface area contributed by atoms with Crippen molar-refractivity contribution in [2.75, 3.05) is 28.5 Å². The first kappa shape index (κ1) is 18.6. The summed E-state index contributed by atoms with van der Waals surface area (Å²) in [5.41, 5.74) is 0.494. The number of unbranched alkanes of at least 4 members (excludes halogenated alkanes) is 1. The van der Waals surface area contributed by atoms with E-state index in [9.17, 15) is 13.2 Å². The lowest BCUT2D eigenvalue weighted by Gasteiger charge is -2.26. The van der Waals surface area contributed by atoms with Crippen molar-refractivity contribution in [3.8, 4) is 5.75 Å². The normalized spacial score (nSPS) is 17.0. The predicted molar refractivity (Wildman–Crippen MR) is 96.1 cm³/mol. The molecule has 1 aromatic carbocycles. The first-order valence-electron chi connectivity index (χ1n) is 8.29. The maximum atomic E-state index is 12.6. The van der Waals surface area contributed by atoms with Gasteiger partial charge in [-0.25, -0.2) is 8.42 Å². The molecule has 24 heavy (non-hydrogen) atoms. The first-order valence-corrected chi connectivity index (χ1v) is 9.94. The topological polar surface area (TPSA) is 75.7 Å². The van der Waals surface area contributed by atoms with E-state index in [4.69, 9.17) is 4.74 Å². The monoisotopic (exact) mass is 354 g/mol. The molecule has 0 spiro atoms. The largest absolute Gasteiger partial charge is 0.490 e. The zero-order chi connectivity index (χ0) is 18.0. The van der Waals surface area contributed by atoms with Crippen LogP contribution in [0.3, 0.4) is 0 Å². The smallest absolute Gasteiger partial charge is 0.236 e. The molecule has 7 heteroatoms. The second-order valence-electron chi connectivity index (χ2n) is 6.68. The number of fused-ring (bicyclic) bond motifs is 1. The summed E-state index contributed by atoms with van der Waals surface area (Å²) in [7, 11) is -3.37. The van der Waals surface area contributed by atoms with Gasteiger partial charge in [0.15, 0.2) is 0 Å². The van der Waals surface area contributed by atoms with Crippen LogP contribution in [-0.2, 0) is 14.8 Å². The average molecular weight is 354 g/mol. The number of ether oxygens (including phenoxy) is 1. The van der Waals surface area contributed by atoms with Crippen molar-refractivity contribution >= 4 is 27.3 Å².